The van der Waals surface area contributed by atoms with Crippen molar-refractivity contribution < 1.29 is 9.50 Å². The molecule has 0 saturated carbocycles. The molecule has 5 rings (SSSR count). The SMILES string of the molecule is CC(C)c1cc(-c2cc(F)cc(-c3cccc(N4CCN(C(C)(C)C)CC4)c3)c2O)cc(Cl)c1-n1ccn(C)c1=O. The van der Waals surface area contributed by atoms with Crippen LogP contribution in [0.3, 0.4) is 0 Å². The molecule has 2 heterocycles. The van der Waals surface area contributed by atoms with Crippen LogP contribution in [0, 0.1) is 5.82 Å². The van der Waals surface area contributed by atoms with Crippen LogP contribution < -0.4 is 10.6 Å². The number of anilines is 1. The van der Waals surface area contributed by atoms with Gasteiger partial charge in [0, 0.05) is 68.0 Å². The van der Waals surface area contributed by atoms with Gasteiger partial charge in [0.25, 0.3) is 0 Å². The van der Waals surface area contributed by atoms with Crippen molar-refractivity contribution in [2.45, 2.75) is 46.1 Å². The Morgan fingerprint density at radius 3 is 2.17 bits per heavy atom. The number of phenols is 1. The third-order valence-corrected chi connectivity index (χ3v) is 8.33. The Morgan fingerprint density at radius 2 is 1.59 bits per heavy atom. The van der Waals surface area contributed by atoms with Gasteiger partial charge in [-0.1, -0.05) is 37.6 Å². The van der Waals surface area contributed by atoms with E-state index in [0.29, 0.717) is 27.4 Å². The molecule has 41 heavy (non-hydrogen) atoms. The lowest BCUT2D eigenvalue weighted by molar-refractivity contribution is 0.128. The second-order valence-electron chi connectivity index (χ2n) is 12.2. The fraction of sp³-hybridized carbons (Fsp3) is 0.364. The summed E-state index contributed by atoms with van der Waals surface area (Å²) >= 11 is 6.79. The van der Waals surface area contributed by atoms with E-state index in [2.05, 4.69) is 36.6 Å². The van der Waals surface area contributed by atoms with E-state index in [0.717, 1.165) is 43.0 Å². The minimum absolute atomic E-state index is 0.0140. The first kappa shape index (κ1) is 29.0. The first-order valence-corrected chi connectivity index (χ1v) is 14.4. The van der Waals surface area contributed by atoms with Gasteiger partial charge in [0.05, 0.1) is 10.7 Å². The molecule has 0 amide bonds. The normalized spacial score (nSPS) is 14.7. The largest absolute Gasteiger partial charge is 0.507 e. The third-order valence-electron chi connectivity index (χ3n) is 8.04. The highest BCUT2D eigenvalue weighted by Gasteiger charge is 2.26. The Hall–Kier alpha value is -3.55. The van der Waals surface area contributed by atoms with Gasteiger partial charge in [-0.05, 0) is 79.8 Å². The molecule has 8 heteroatoms. The standard InChI is InChI=1S/C33H38ClFN4O2/c1-21(2)26-17-23(18-29(34)30(26)39-15-10-36(6)32(39)41)28-20-24(35)19-27(31(28)40)22-8-7-9-25(16-22)37-11-13-38(14-12-37)33(3,4)5/h7-10,15-21,40H,11-14H2,1-6H3. The molecule has 0 atom stereocenters. The van der Waals surface area contributed by atoms with Crippen molar-refractivity contribution in [1.82, 2.24) is 14.0 Å². The molecule has 0 unspecified atom stereocenters. The van der Waals surface area contributed by atoms with Crippen LogP contribution in [0.15, 0.2) is 65.7 Å². The lowest BCUT2D eigenvalue weighted by Crippen LogP contribution is -2.53. The Balaban J connectivity index is 1.54. The number of aromatic hydroxyl groups is 1. The van der Waals surface area contributed by atoms with Gasteiger partial charge in [-0.3, -0.25) is 9.47 Å². The van der Waals surface area contributed by atoms with Gasteiger partial charge in [0.1, 0.15) is 11.6 Å². The molecule has 4 aromatic rings. The van der Waals surface area contributed by atoms with Gasteiger partial charge < -0.3 is 14.6 Å². The molecular formula is C33H38ClFN4O2. The highest BCUT2D eigenvalue weighted by atomic mass is 35.5. The van der Waals surface area contributed by atoms with Crippen molar-refractivity contribution in [3.8, 4) is 33.7 Å². The number of aryl methyl sites for hydroxylation is 1. The summed E-state index contributed by atoms with van der Waals surface area (Å²) in [7, 11) is 1.68. The van der Waals surface area contributed by atoms with Crippen LogP contribution in [0.25, 0.3) is 27.9 Å². The lowest BCUT2D eigenvalue weighted by atomic mass is 9.92. The van der Waals surface area contributed by atoms with Crippen molar-refractivity contribution in [3.05, 3.63) is 87.8 Å². The van der Waals surface area contributed by atoms with E-state index in [1.54, 1.807) is 25.5 Å². The van der Waals surface area contributed by atoms with Gasteiger partial charge in [-0.2, -0.15) is 0 Å². The van der Waals surface area contributed by atoms with Crippen LogP contribution in [0.1, 0.15) is 46.1 Å². The van der Waals surface area contributed by atoms with Crippen molar-refractivity contribution in [2.24, 2.45) is 7.05 Å². The van der Waals surface area contributed by atoms with E-state index in [4.69, 9.17) is 11.6 Å². The molecule has 6 nitrogen and oxygen atoms in total. The molecule has 1 aliphatic heterocycles. The summed E-state index contributed by atoms with van der Waals surface area (Å²) in [6.45, 7) is 14.5. The summed E-state index contributed by atoms with van der Waals surface area (Å²) in [5.74, 6) is -0.459. The Bertz CT molecular complexity index is 1640. The molecule has 0 radical (unpaired) electrons. The van der Waals surface area contributed by atoms with E-state index < -0.39 is 5.82 Å². The van der Waals surface area contributed by atoms with Gasteiger partial charge in [-0.15, -0.1) is 0 Å². The molecule has 3 aromatic carbocycles. The summed E-state index contributed by atoms with van der Waals surface area (Å²) in [5.41, 5.74) is 4.46. The number of aromatic nitrogens is 2. The van der Waals surface area contributed by atoms with Gasteiger partial charge in [0.15, 0.2) is 0 Å². The van der Waals surface area contributed by atoms with E-state index >= 15 is 4.39 Å². The molecule has 1 aliphatic rings. The molecule has 0 bridgehead atoms. The minimum Gasteiger partial charge on any atom is -0.507 e. The number of rotatable bonds is 5. The third kappa shape index (κ3) is 5.66. The number of hydrogen-bond acceptors (Lipinski definition) is 4. The van der Waals surface area contributed by atoms with E-state index in [1.165, 1.54) is 21.3 Å². The zero-order valence-corrected chi connectivity index (χ0v) is 25.3. The van der Waals surface area contributed by atoms with E-state index in [9.17, 15) is 9.90 Å². The number of benzene rings is 3. The average molecular weight is 577 g/mol. The molecule has 0 spiro atoms. The second kappa shape index (κ2) is 11.0. The second-order valence-corrected chi connectivity index (χ2v) is 12.6. The topological polar surface area (TPSA) is 53.6 Å². The fourth-order valence-corrected chi connectivity index (χ4v) is 5.97. The molecular weight excluding hydrogens is 539 g/mol. The predicted octanol–water partition coefficient (Wildman–Crippen LogP) is 7.05. The number of hydrogen-bond donors (Lipinski definition) is 1. The monoisotopic (exact) mass is 576 g/mol. The Morgan fingerprint density at radius 1 is 0.927 bits per heavy atom. The number of nitrogens with zero attached hydrogens (tertiary/aromatic N) is 4. The van der Waals surface area contributed by atoms with Gasteiger partial charge in [0.2, 0.25) is 0 Å². The molecule has 1 aromatic heterocycles. The molecule has 0 aliphatic carbocycles. The van der Waals surface area contributed by atoms with Crippen molar-refractivity contribution in [2.75, 3.05) is 31.1 Å². The first-order chi connectivity index (χ1) is 19.3. The summed E-state index contributed by atoms with van der Waals surface area (Å²) in [6.07, 6.45) is 3.36. The number of halogens is 2. The van der Waals surface area contributed by atoms with Crippen LogP contribution in [0.2, 0.25) is 5.02 Å². The molecule has 1 fully saturated rings. The molecule has 216 valence electrons. The lowest BCUT2D eigenvalue weighted by Gasteiger charge is -2.43. The van der Waals surface area contributed by atoms with Crippen LogP contribution in [0.5, 0.6) is 5.75 Å². The zero-order chi connectivity index (χ0) is 29.6. The maximum atomic E-state index is 15.1. The highest BCUT2D eigenvalue weighted by molar-refractivity contribution is 6.33. The van der Waals surface area contributed by atoms with Crippen LogP contribution >= 0.6 is 11.6 Å². The van der Waals surface area contributed by atoms with Gasteiger partial charge in [-0.25, -0.2) is 9.18 Å². The smallest absolute Gasteiger partial charge is 0.332 e. The highest BCUT2D eigenvalue weighted by Crippen LogP contribution is 2.43. The fourth-order valence-electron chi connectivity index (χ4n) is 5.65. The molecule has 1 N–H and O–H groups in total. The van der Waals surface area contributed by atoms with Crippen molar-refractivity contribution in [3.63, 3.8) is 0 Å². The van der Waals surface area contributed by atoms with E-state index in [1.807, 2.05) is 38.1 Å². The summed E-state index contributed by atoms with van der Waals surface area (Å²) in [4.78, 5) is 17.5. The maximum absolute atomic E-state index is 15.1. The van der Waals surface area contributed by atoms with Crippen molar-refractivity contribution in [1.29, 1.82) is 0 Å². The van der Waals surface area contributed by atoms with E-state index in [-0.39, 0.29) is 22.9 Å². The van der Waals surface area contributed by atoms with Crippen molar-refractivity contribution >= 4 is 17.3 Å². The van der Waals surface area contributed by atoms with Crippen LogP contribution in [-0.2, 0) is 7.05 Å². The summed E-state index contributed by atoms with van der Waals surface area (Å²) < 4.78 is 18.1. The zero-order valence-electron chi connectivity index (χ0n) is 24.6. The number of phenolic OH excluding ortho intramolecular Hbond substituents is 1. The maximum Gasteiger partial charge on any atom is 0.332 e. The van der Waals surface area contributed by atoms with Crippen LogP contribution in [0.4, 0.5) is 10.1 Å². The number of piperazine rings is 1. The first-order valence-electron chi connectivity index (χ1n) is 14.1. The predicted molar refractivity (Wildman–Crippen MR) is 166 cm³/mol. The summed E-state index contributed by atoms with van der Waals surface area (Å²) in [6, 6.07) is 14.2. The summed E-state index contributed by atoms with van der Waals surface area (Å²) in [5, 5.41) is 11.9. The number of imidazole rings is 1. The molecule has 1 saturated heterocycles. The quantitative estimate of drug-likeness (QED) is 0.276. The minimum atomic E-state index is -0.456. The Kier molecular flexibility index (Phi) is 7.79. The average Bonchev–Trinajstić information content (AvgIpc) is 3.26. The van der Waals surface area contributed by atoms with Gasteiger partial charge >= 0.3 is 5.69 Å². The Labute approximate surface area is 246 Å². The van der Waals surface area contributed by atoms with Crippen LogP contribution in [-0.4, -0.2) is 50.9 Å².